The van der Waals surface area contributed by atoms with Crippen LogP contribution in [0.2, 0.25) is 0 Å². The van der Waals surface area contributed by atoms with Gasteiger partial charge in [-0.2, -0.15) is 0 Å². The van der Waals surface area contributed by atoms with Crippen molar-refractivity contribution in [2.45, 2.75) is 31.6 Å². The molecule has 0 unspecified atom stereocenters. The topological polar surface area (TPSA) is 69.0 Å². The Labute approximate surface area is 163 Å². The van der Waals surface area contributed by atoms with Crippen LogP contribution in [-0.4, -0.2) is 34.0 Å². The van der Waals surface area contributed by atoms with Crippen LogP contribution in [0.15, 0.2) is 29.2 Å². The van der Waals surface area contributed by atoms with Crippen molar-refractivity contribution in [1.82, 2.24) is 14.8 Å². The van der Waals surface area contributed by atoms with Crippen molar-refractivity contribution in [3.8, 4) is 5.88 Å². The van der Waals surface area contributed by atoms with E-state index in [9.17, 15) is 4.79 Å². The predicted molar refractivity (Wildman–Crippen MR) is 110 cm³/mol. The maximum Gasteiger partial charge on any atom is 0.242 e. The summed E-state index contributed by atoms with van der Waals surface area (Å²) in [7, 11) is 3.46. The van der Waals surface area contributed by atoms with E-state index in [2.05, 4.69) is 15.4 Å². The SMILES string of the molecule is COc1nn(C)c2nc(C)c(CCC(=O)Nc3ccccc3SC)c(C)c12. The number of aromatic nitrogens is 3. The Bertz CT molecular complexity index is 997. The molecule has 2 aromatic heterocycles. The highest BCUT2D eigenvalue weighted by Crippen LogP contribution is 2.30. The Morgan fingerprint density at radius 3 is 2.74 bits per heavy atom. The summed E-state index contributed by atoms with van der Waals surface area (Å²) in [6.45, 7) is 4.01. The van der Waals surface area contributed by atoms with Gasteiger partial charge in [0.25, 0.3) is 0 Å². The third-order valence-corrected chi connectivity index (χ3v) is 5.50. The number of ether oxygens (including phenoxy) is 1. The molecule has 0 atom stereocenters. The van der Waals surface area contributed by atoms with Gasteiger partial charge in [0.05, 0.1) is 18.2 Å². The first-order chi connectivity index (χ1) is 13.0. The molecule has 1 aromatic carbocycles. The molecule has 7 heteroatoms. The minimum atomic E-state index is -0.00597. The Morgan fingerprint density at radius 1 is 1.30 bits per heavy atom. The highest BCUT2D eigenvalue weighted by atomic mass is 32.2. The van der Waals surface area contributed by atoms with Crippen molar-refractivity contribution < 1.29 is 9.53 Å². The van der Waals surface area contributed by atoms with Crippen molar-refractivity contribution in [2.24, 2.45) is 7.05 Å². The Hall–Kier alpha value is -2.54. The fourth-order valence-electron chi connectivity index (χ4n) is 3.31. The number of hydrogen-bond acceptors (Lipinski definition) is 5. The largest absolute Gasteiger partial charge is 0.479 e. The lowest BCUT2D eigenvalue weighted by atomic mass is 10.00. The number of carbonyl (C=O) groups is 1. The standard InChI is InChI=1S/C20H24N4O2S/c1-12-14(13(2)21-19-18(12)20(26-4)23-24(19)3)10-11-17(25)22-15-8-6-7-9-16(15)27-5/h6-9H,10-11H2,1-5H3,(H,22,25). The summed E-state index contributed by atoms with van der Waals surface area (Å²) in [6.07, 6.45) is 3.01. The van der Waals surface area contributed by atoms with Crippen LogP contribution in [0.25, 0.3) is 11.0 Å². The number of nitrogens with one attached hydrogen (secondary N) is 1. The smallest absolute Gasteiger partial charge is 0.242 e. The van der Waals surface area contributed by atoms with E-state index in [-0.39, 0.29) is 5.91 Å². The Kier molecular flexibility index (Phi) is 5.70. The van der Waals surface area contributed by atoms with E-state index >= 15 is 0 Å². The maximum absolute atomic E-state index is 12.5. The van der Waals surface area contributed by atoms with Crippen molar-refractivity contribution in [1.29, 1.82) is 0 Å². The van der Waals surface area contributed by atoms with Gasteiger partial charge < -0.3 is 10.1 Å². The van der Waals surface area contributed by atoms with E-state index in [1.54, 1.807) is 23.6 Å². The average Bonchev–Trinajstić information content (AvgIpc) is 2.98. The lowest BCUT2D eigenvalue weighted by molar-refractivity contribution is -0.116. The molecule has 6 nitrogen and oxygen atoms in total. The van der Waals surface area contributed by atoms with E-state index in [0.29, 0.717) is 18.7 Å². The van der Waals surface area contributed by atoms with E-state index in [1.165, 1.54) is 0 Å². The third kappa shape index (κ3) is 3.78. The van der Waals surface area contributed by atoms with Gasteiger partial charge in [-0.15, -0.1) is 16.9 Å². The first-order valence-corrected chi connectivity index (χ1v) is 9.98. The van der Waals surface area contributed by atoms with Gasteiger partial charge in [-0.05, 0) is 49.8 Å². The molecule has 0 saturated heterocycles. The zero-order chi connectivity index (χ0) is 19.6. The molecule has 27 heavy (non-hydrogen) atoms. The van der Waals surface area contributed by atoms with Crippen LogP contribution in [0.4, 0.5) is 5.69 Å². The lowest BCUT2D eigenvalue weighted by Crippen LogP contribution is -2.14. The van der Waals surface area contributed by atoms with Gasteiger partial charge in [0, 0.05) is 24.1 Å². The van der Waals surface area contributed by atoms with E-state index in [0.717, 1.165) is 38.4 Å². The number of nitrogens with zero attached hydrogens (tertiary/aromatic N) is 3. The predicted octanol–water partition coefficient (Wildman–Crippen LogP) is 3.89. The zero-order valence-electron chi connectivity index (χ0n) is 16.3. The summed E-state index contributed by atoms with van der Waals surface area (Å²) in [5.74, 6) is 0.561. The fraction of sp³-hybridized carbons (Fsp3) is 0.350. The number of fused-ring (bicyclic) bond motifs is 1. The van der Waals surface area contributed by atoms with Crippen LogP contribution < -0.4 is 10.1 Å². The van der Waals surface area contributed by atoms with E-state index in [4.69, 9.17) is 4.74 Å². The summed E-state index contributed by atoms with van der Waals surface area (Å²) in [5, 5.41) is 8.30. The number of benzene rings is 1. The summed E-state index contributed by atoms with van der Waals surface area (Å²) < 4.78 is 7.13. The molecule has 0 aliphatic carbocycles. The molecule has 0 bridgehead atoms. The number of para-hydroxylation sites is 1. The van der Waals surface area contributed by atoms with Crippen molar-refractivity contribution >= 4 is 34.4 Å². The highest BCUT2D eigenvalue weighted by Gasteiger charge is 2.18. The normalized spacial score (nSPS) is 11.0. The average molecular weight is 385 g/mol. The quantitative estimate of drug-likeness (QED) is 0.653. The number of anilines is 1. The van der Waals surface area contributed by atoms with Crippen molar-refractivity contribution in [3.05, 3.63) is 41.1 Å². The number of amides is 1. The molecule has 142 valence electrons. The highest BCUT2D eigenvalue weighted by molar-refractivity contribution is 7.98. The molecular weight excluding hydrogens is 360 g/mol. The molecule has 0 radical (unpaired) electrons. The Balaban J connectivity index is 1.81. The van der Waals surface area contributed by atoms with Gasteiger partial charge >= 0.3 is 0 Å². The molecule has 1 N–H and O–H groups in total. The number of methoxy groups -OCH3 is 1. The Morgan fingerprint density at radius 2 is 2.04 bits per heavy atom. The zero-order valence-corrected chi connectivity index (χ0v) is 17.1. The molecule has 2 heterocycles. The molecule has 3 aromatic rings. The van der Waals surface area contributed by atoms with Crippen molar-refractivity contribution in [3.63, 3.8) is 0 Å². The molecule has 0 saturated carbocycles. The second-order valence-corrected chi connectivity index (χ2v) is 7.23. The number of carbonyl (C=O) groups excluding carboxylic acids is 1. The second kappa shape index (κ2) is 8.00. The molecule has 0 aliphatic heterocycles. The first kappa shape index (κ1) is 19.2. The number of rotatable bonds is 6. The van der Waals surface area contributed by atoms with Crippen LogP contribution in [0, 0.1) is 13.8 Å². The summed E-state index contributed by atoms with van der Waals surface area (Å²) >= 11 is 1.62. The minimum absolute atomic E-state index is 0.00597. The minimum Gasteiger partial charge on any atom is -0.479 e. The number of aryl methyl sites for hydroxylation is 3. The van der Waals surface area contributed by atoms with Gasteiger partial charge in [0.1, 0.15) is 0 Å². The van der Waals surface area contributed by atoms with Crippen LogP contribution in [-0.2, 0) is 18.3 Å². The van der Waals surface area contributed by atoms with Crippen LogP contribution in [0.1, 0.15) is 23.2 Å². The van der Waals surface area contributed by atoms with Crippen LogP contribution in [0.3, 0.4) is 0 Å². The van der Waals surface area contributed by atoms with Gasteiger partial charge in [-0.25, -0.2) is 9.67 Å². The van der Waals surface area contributed by atoms with Crippen LogP contribution in [0.5, 0.6) is 5.88 Å². The second-order valence-electron chi connectivity index (χ2n) is 6.38. The maximum atomic E-state index is 12.5. The summed E-state index contributed by atoms with van der Waals surface area (Å²) in [4.78, 5) is 18.2. The van der Waals surface area contributed by atoms with Crippen molar-refractivity contribution in [2.75, 3.05) is 18.7 Å². The molecule has 0 spiro atoms. The summed E-state index contributed by atoms with van der Waals surface area (Å²) in [5.41, 5.74) is 4.71. The number of thioether (sulfide) groups is 1. The first-order valence-electron chi connectivity index (χ1n) is 8.75. The van der Waals surface area contributed by atoms with Gasteiger partial charge in [0.15, 0.2) is 5.65 Å². The monoisotopic (exact) mass is 384 g/mol. The van der Waals surface area contributed by atoms with E-state index in [1.807, 2.05) is 51.4 Å². The molecular formula is C20H24N4O2S. The van der Waals surface area contributed by atoms with Gasteiger partial charge in [-0.1, -0.05) is 12.1 Å². The fourth-order valence-corrected chi connectivity index (χ4v) is 3.86. The van der Waals surface area contributed by atoms with E-state index < -0.39 is 0 Å². The molecule has 1 amide bonds. The van der Waals surface area contributed by atoms with Gasteiger partial charge in [0.2, 0.25) is 11.8 Å². The van der Waals surface area contributed by atoms with Gasteiger partial charge in [-0.3, -0.25) is 4.79 Å². The number of hydrogen-bond donors (Lipinski definition) is 1. The van der Waals surface area contributed by atoms with Crippen LogP contribution >= 0.6 is 11.8 Å². The molecule has 3 rings (SSSR count). The molecule has 0 aliphatic rings. The third-order valence-electron chi connectivity index (χ3n) is 4.70. The number of pyridine rings is 1. The molecule has 0 fully saturated rings. The summed E-state index contributed by atoms with van der Waals surface area (Å²) in [6, 6.07) is 7.82. The lowest BCUT2D eigenvalue weighted by Gasteiger charge is -2.12.